The highest BCUT2D eigenvalue weighted by atomic mass is 35.5. The van der Waals surface area contributed by atoms with E-state index in [0.717, 1.165) is 35.3 Å². The average Bonchev–Trinajstić information content (AvgIpc) is 2.72. The highest BCUT2D eigenvalue weighted by Crippen LogP contribution is 2.37. The molecule has 1 aliphatic rings. The number of hydrogen-bond acceptors (Lipinski definition) is 5. The van der Waals surface area contributed by atoms with E-state index >= 15 is 0 Å². The fraction of sp³-hybridized carbons (Fsp3) is 0.318. The van der Waals surface area contributed by atoms with Crippen LogP contribution in [-0.4, -0.2) is 44.7 Å². The molecule has 0 radical (unpaired) electrons. The summed E-state index contributed by atoms with van der Waals surface area (Å²) in [5, 5.41) is 4.27. The van der Waals surface area contributed by atoms with Crippen LogP contribution in [0.3, 0.4) is 0 Å². The van der Waals surface area contributed by atoms with Gasteiger partial charge in [-0.2, -0.15) is 11.8 Å². The smallest absolute Gasteiger partial charge is 0.254 e. The Balaban J connectivity index is 1.80. The number of nitrogens with zero attached hydrogens (tertiary/aromatic N) is 1. The summed E-state index contributed by atoms with van der Waals surface area (Å²) in [4.78, 5) is 14.6. The van der Waals surface area contributed by atoms with Crippen LogP contribution in [0.2, 0.25) is 5.02 Å². The van der Waals surface area contributed by atoms with E-state index in [-0.39, 0.29) is 11.6 Å². The van der Waals surface area contributed by atoms with Gasteiger partial charge in [0.05, 0.1) is 11.6 Å². The molecule has 0 aromatic heterocycles. The highest BCUT2D eigenvalue weighted by Gasteiger charge is 2.27. The molecule has 1 saturated heterocycles. The summed E-state index contributed by atoms with van der Waals surface area (Å²) in [5.74, 6) is 0.504. The Bertz CT molecular complexity index is 1090. The quantitative estimate of drug-likeness (QED) is 0.658. The normalized spacial score (nSPS) is 18.2. The molecule has 2 atom stereocenters. The second kappa shape index (κ2) is 10.1. The van der Waals surface area contributed by atoms with Gasteiger partial charge in [0.25, 0.3) is 5.91 Å². The van der Waals surface area contributed by atoms with Crippen LogP contribution >= 0.6 is 23.4 Å². The molecular formula is C22H24ClFN2O3S2. The molecule has 0 aliphatic carbocycles. The van der Waals surface area contributed by atoms with E-state index in [0.29, 0.717) is 10.7 Å². The summed E-state index contributed by atoms with van der Waals surface area (Å²) in [6, 6.07) is 11.6. The van der Waals surface area contributed by atoms with Gasteiger partial charge in [-0.3, -0.25) is 4.79 Å². The van der Waals surface area contributed by atoms with Gasteiger partial charge in [-0.15, -0.1) is 0 Å². The molecule has 9 heteroatoms. The number of rotatable bonds is 6. The molecule has 1 heterocycles. The van der Waals surface area contributed by atoms with Gasteiger partial charge in [0.15, 0.2) is 9.84 Å². The van der Waals surface area contributed by atoms with Crippen molar-refractivity contribution < 1.29 is 17.6 Å². The van der Waals surface area contributed by atoms with Crippen molar-refractivity contribution in [2.24, 2.45) is 0 Å². The molecule has 1 fully saturated rings. The molecule has 1 N–H and O–H groups in total. The molecule has 0 spiro atoms. The van der Waals surface area contributed by atoms with Gasteiger partial charge in [-0.25, -0.2) is 12.8 Å². The Hall–Kier alpha value is -2.03. The Morgan fingerprint density at radius 1 is 1.32 bits per heavy atom. The van der Waals surface area contributed by atoms with Crippen molar-refractivity contribution >= 4 is 44.8 Å². The number of carbonyl (C=O) groups excluding carboxylic acids is 1. The maximum atomic E-state index is 14.9. The number of benzene rings is 2. The number of thioether (sulfide) groups is 1. The zero-order chi connectivity index (χ0) is 22.6. The van der Waals surface area contributed by atoms with E-state index in [1.54, 1.807) is 13.0 Å². The molecule has 3 rings (SSSR count). The maximum absolute atomic E-state index is 14.9. The minimum Gasteiger partial charge on any atom is -0.363 e. The largest absolute Gasteiger partial charge is 0.363 e. The van der Waals surface area contributed by atoms with Crippen molar-refractivity contribution in [3.05, 3.63) is 75.9 Å². The number of halogens is 2. The van der Waals surface area contributed by atoms with E-state index in [1.165, 1.54) is 18.2 Å². The Labute approximate surface area is 191 Å². The van der Waals surface area contributed by atoms with Crippen molar-refractivity contribution in [3.63, 3.8) is 0 Å². The maximum Gasteiger partial charge on any atom is 0.254 e. The van der Waals surface area contributed by atoms with Crippen LogP contribution in [0.15, 0.2) is 53.9 Å². The monoisotopic (exact) mass is 482 g/mol. The van der Waals surface area contributed by atoms with E-state index in [4.69, 9.17) is 11.6 Å². The number of amides is 1. The lowest BCUT2D eigenvalue weighted by Crippen LogP contribution is -2.36. The summed E-state index contributed by atoms with van der Waals surface area (Å²) in [6.45, 7) is 2.35. The number of carbonyl (C=O) groups is 1. The molecule has 2 aromatic carbocycles. The van der Waals surface area contributed by atoms with Crippen LogP contribution in [0.4, 0.5) is 10.1 Å². The molecular weight excluding hydrogens is 459 g/mol. The summed E-state index contributed by atoms with van der Waals surface area (Å²) in [7, 11) is -3.30. The van der Waals surface area contributed by atoms with Crippen molar-refractivity contribution in [1.82, 2.24) is 5.32 Å². The van der Waals surface area contributed by atoms with Crippen LogP contribution in [0.5, 0.6) is 0 Å². The number of anilines is 1. The van der Waals surface area contributed by atoms with E-state index in [9.17, 15) is 17.6 Å². The summed E-state index contributed by atoms with van der Waals surface area (Å²) in [5.41, 5.74) is 1.58. The third-order valence-electron chi connectivity index (χ3n) is 4.89. The zero-order valence-electron chi connectivity index (χ0n) is 17.2. The topological polar surface area (TPSA) is 66.5 Å². The third kappa shape index (κ3) is 6.24. The first-order valence-electron chi connectivity index (χ1n) is 9.73. The fourth-order valence-corrected chi connectivity index (χ4v) is 5.23. The van der Waals surface area contributed by atoms with Crippen molar-refractivity contribution in [1.29, 1.82) is 0 Å². The number of hydrogen-bond donors (Lipinski definition) is 1. The van der Waals surface area contributed by atoms with Crippen LogP contribution in [0, 0.1) is 5.82 Å². The third-order valence-corrected chi connectivity index (χ3v) is 6.91. The number of nitrogens with one attached hydrogen (secondary N) is 1. The molecule has 0 bridgehead atoms. The fourth-order valence-electron chi connectivity index (χ4n) is 3.38. The summed E-state index contributed by atoms with van der Waals surface area (Å²) < 4.78 is 37.3. The van der Waals surface area contributed by atoms with Crippen molar-refractivity contribution in [2.75, 3.05) is 29.2 Å². The Morgan fingerprint density at radius 3 is 2.74 bits per heavy atom. The first-order valence-corrected chi connectivity index (χ1v) is 13.2. The summed E-state index contributed by atoms with van der Waals surface area (Å²) in [6.07, 6.45) is 2.41. The van der Waals surface area contributed by atoms with Crippen LogP contribution in [0.25, 0.3) is 0 Å². The second-order valence-electron chi connectivity index (χ2n) is 7.39. The lowest BCUT2D eigenvalue weighted by Gasteiger charge is -2.38. The standard InChI is InChI=1S/C22H24ClFN2O3S2/c1-15(9-12-31(2,28)29)25-22(27)18-8-7-16(13-20(18)24)26-10-11-30-14-21(26)17-5-3-4-6-19(17)23/h3-9,12-13,15,21H,10-11,14H2,1-2H3,(H,25,27)/b12-9+/t15-,21?/m1/s1. The molecule has 166 valence electrons. The molecule has 1 amide bonds. The SMILES string of the molecule is C[C@H](/C=C/S(C)(=O)=O)NC(=O)c1ccc(N2CCSCC2c2ccccc2Cl)cc1F. The van der Waals surface area contributed by atoms with Crippen LogP contribution in [0.1, 0.15) is 28.9 Å². The average molecular weight is 483 g/mol. The lowest BCUT2D eigenvalue weighted by atomic mass is 10.0. The van der Waals surface area contributed by atoms with Gasteiger partial charge in [-0.05, 0) is 36.8 Å². The minimum absolute atomic E-state index is 0.00711. The predicted molar refractivity (Wildman–Crippen MR) is 126 cm³/mol. The molecule has 31 heavy (non-hydrogen) atoms. The molecule has 5 nitrogen and oxygen atoms in total. The van der Waals surface area contributed by atoms with E-state index < -0.39 is 27.6 Å². The number of sulfone groups is 1. The van der Waals surface area contributed by atoms with Gasteiger partial charge < -0.3 is 10.2 Å². The van der Waals surface area contributed by atoms with E-state index in [2.05, 4.69) is 10.2 Å². The minimum atomic E-state index is -3.30. The molecule has 0 saturated carbocycles. The van der Waals surface area contributed by atoms with Crippen molar-refractivity contribution in [2.45, 2.75) is 19.0 Å². The molecule has 1 unspecified atom stereocenters. The van der Waals surface area contributed by atoms with Gasteiger partial charge in [-0.1, -0.05) is 35.9 Å². The van der Waals surface area contributed by atoms with Gasteiger partial charge >= 0.3 is 0 Å². The first-order chi connectivity index (χ1) is 14.7. The Kier molecular flexibility index (Phi) is 7.67. The lowest BCUT2D eigenvalue weighted by molar-refractivity contribution is 0.0943. The highest BCUT2D eigenvalue weighted by molar-refractivity contribution is 7.99. The van der Waals surface area contributed by atoms with Crippen LogP contribution < -0.4 is 10.2 Å². The van der Waals surface area contributed by atoms with Crippen molar-refractivity contribution in [3.8, 4) is 0 Å². The summed E-state index contributed by atoms with van der Waals surface area (Å²) >= 11 is 8.23. The van der Waals surface area contributed by atoms with Gasteiger partial charge in [0.2, 0.25) is 0 Å². The predicted octanol–water partition coefficient (Wildman–Crippen LogP) is 4.45. The second-order valence-corrected chi connectivity index (χ2v) is 10.9. The first kappa shape index (κ1) is 23.6. The van der Waals surface area contributed by atoms with Gasteiger partial charge in [0, 0.05) is 46.5 Å². The molecule has 1 aliphatic heterocycles. The van der Waals surface area contributed by atoms with Gasteiger partial charge in [0.1, 0.15) is 5.82 Å². The van der Waals surface area contributed by atoms with Crippen LogP contribution in [-0.2, 0) is 9.84 Å². The Morgan fingerprint density at radius 2 is 2.06 bits per heavy atom. The molecule has 2 aromatic rings. The zero-order valence-corrected chi connectivity index (χ0v) is 19.6. The van der Waals surface area contributed by atoms with E-state index in [1.807, 2.05) is 36.0 Å².